The summed E-state index contributed by atoms with van der Waals surface area (Å²) in [6.07, 6.45) is 0. The first kappa shape index (κ1) is 15.5. The minimum atomic E-state index is -3.69. The summed E-state index contributed by atoms with van der Waals surface area (Å²) in [6.45, 7) is -0.141. The molecule has 0 saturated heterocycles. The monoisotopic (exact) mass is 419 g/mol. The zero-order valence-electron chi connectivity index (χ0n) is 10.2. The van der Waals surface area contributed by atoms with Gasteiger partial charge in [0.05, 0.1) is 6.61 Å². The smallest absolute Gasteiger partial charge is 0.263 e. The molecule has 0 saturated carbocycles. The summed E-state index contributed by atoms with van der Waals surface area (Å²) in [5.74, 6) is 0. The average Bonchev–Trinajstić information content (AvgIpc) is 2.37. The van der Waals surface area contributed by atoms with Crippen LogP contribution < -0.4 is 4.72 Å². The highest BCUT2D eigenvalue weighted by Gasteiger charge is 2.18. The van der Waals surface area contributed by atoms with Gasteiger partial charge in [-0.1, -0.05) is 28.1 Å². The lowest BCUT2D eigenvalue weighted by molar-refractivity contribution is 0.281. The minimum Gasteiger partial charge on any atom is -0.392 e. The highest BCUT2D eigenvalue weighted by Crippen LogP contribution is 2.26. The maximum absolute atomic E-state index is 12.3. The van der Waals surface area contributed by atoms with E-state index in [9.17, 15) is 8.42 Å². The second-order valence-electron chi connectivity index (χ2n) is 4.04. The van der Waals surface area contributed by atoms with Crippen molar-refractivity contribution in [3.8, 4) is 0 Å². The molecule has 0 fully saturated rings. The van der Waals surface area contributed by atoms with E-state index in [2.05, 4.69) is 36.6 Å². The number of rotatable bonds is 4. The summed E-state index contributed by atoms with van der Waals surface area (Å²) in [4.78, 5) is 0.120. The molecule has 0 unspecified atom stereocenters. The first-order valence-corrected chi connectivity index (χ1v) is 8.67. The minimum absolute atomic E-state index is 0.120. The summed E-state index contributed by atoms with van der Waals surface area (Å²) in [5.41, 5.74) is 1.11. The highest BCUT2D eigenvalue weighted by atomic mass is 79.9. The Morgan fingerprint density at radius 3 is 2.45 bits per heavy atom. The van der Waals surface area contributed by atoms with Gasteiger partial charge in [-0.05, 0) is 51.8 Å². The van der Waals surface area contributed by atoms with Crippen LogP contribution in [0.3, 0.4) is 0 Å². The van der Waals surface area contributed by atoms with E-state index in [-0.39, 0.29) is 11.5 Å². The number of anilines is 1. The van der Waals surface area contributed by atoms with Gasteiger partial charge >= 0.3 is 0 Å². The zero-order valence-corrected chi connectivity index (χ0v) is 14.2. The van der Waals surface area contributed by atoms with Gasteiger partial charge in [0.1, 0.15) is 4.90 Å². The Balaban J connectivity index is 2.36. The Bertz CT molecular complexity index is 732. The lowest BCUT2D eigenvalue weighted by Gasteiger charge is -2.10. The maximum atomic E-state index is 12.3. The Morgan fingerprint density at radius 1 is 1.10 bits per heavy atom. The molecular weight excluding hydrogens is 410 g/mol. The summed E-state index contributed by atoms with van der Waals surface area (Å²) >= 11 is 6.50. The van der Waals surface area contributed by atoms with Crippen molar-refractivity contribution in [1.29, 1.82) is 0 Å². The van der Waals surface area contributed by atoms with Crippen LogP contribution in [0.25, 0.3) is 0 Å². The van der Waals surface area contributed by atoms with Crippen LogP contribution in [0.4, 0.5) is 5.69 Å². The van der Waals surface area contributed by atoms with Gasteiger partial charge in [-0.3, -0.25) is 4.72 Å². The van der Waals surface area contributed by atoms with Crippen molar-refractivity contribution in [3.63, 3.8) is 0 Å². The average molecular weight is 421 g/mol. The van der Waals surface area contributed by atoms with Crippen molar-refractivity contribution >= 4 is 47.6 Å². The van der Waals surface area contributed by atoms with E-state index in [4.69, 9.17) is 5.11 Å². The Labute approximate surface area is 134 Å². The van der Waals surface area contributed by atoms with E-state index in [0.717, 1.165) is 4.47 Å². The number of aliphatic hydroxyl groups excluding tert-OH is 1. The van der Waals surface area contributed by atoms with Crippen LogP contribution >= 0.6 is 31.9 Å². The zero-order chi connectivity index (χ0) is 14.8. The van der Waals surface area contributed by atoms with Gasteiger partial charge < -0.3 is 5.11 Å². The fraction of sp³-hybridized carbons (Fsp3) is 0.0769. The van der Waals surface area contributed by atoms with Crippen molar-refractivity contribution in [2.75, 3.05) is 4.72 Å². The van der Waals surface area contributed by atoms with Crippen LogP contribution in [0.15, 0.2) is 56.3 Å². The number of halogens is 2. The Kier molecular flexibility index (Phi) is 4.85. The number of hydrogen-bond donors (Lipinski definition) is 2. The van der Waals surface area contributed by atoms with E-state index in [0.29, 0.717) is 15.7 Å². The molecule has 2 N–H and O–H groups in total. The van der Waals surface area contributed by atoms with E-state index in [1.807, 2.05) is 6.07 Å². The van der Waals surface area contributed by atoms with Gasteiger partial charge in [0.15, 0.2) is 0 Å². The molecule has 20 heavy (non-hydrogen) atoms. The van der Waals surface area contributed by atoms with E-state index in [1.165, 1.54) is 6.07 Å². The third-order valence-corrected chi connectivity index (χ3v) is 5.40. The maximum Gasteiger partial charge on any atom is 0.263 e. The number of hydrogen-bond acceptors (Lipinski definition) is 3. The fourth-order valence-corrected chi connectivity index (χ4v) is 4.20. The van der Waals surface area contributed by atoms with Crippen molar-refractivity contribution in [2.24, 2.45) is 0 Å². The number of benzene rings is 2. The lowest BCUT2D eigenvalue weighted by atomic mass is 10.2. The SMILES string of the molecule is O=S(=O)(Nc1cccc(Br)c1)c1ccc(CO)cc1Br. The molecule has 2 aromatic carbocycles. The van der Waals surface area contributed by atoms with Crippen LogP contribution in [0, 0.1) is 0 Å². The largest absolute Gasteiger partial charge is 0.392 e. The molecule has 0 bridgehead atoms. The molecule has 0 aliphatic rings. The number of sulfonamides is 1. The summed E-state index contributed by atoms with van der Waals surface area (Å²) in [6, 6.07) is 11.5. The van der Waals surface area contributed by atoms with Gasteiger partial charge in [-0.25, -0.2) is 8.42 Å². The fourth-order valence-electron chi connectivity index (χ4n) is 1.62. The van der Waals surface area contributed by atoms with Gasteiger partial charge in [-0.15, -0.1) is 0 Å². The molecule has 4 nitrogen and oxygen atoms in total. The molecule has 106 valence electrons. The lowest BCUT2D eigenvalue weighted by Crippen LogP contribution is -2.13. The number of aliphatic hydroxyl groups is 1. The van der Waals surface area contributed by atoms with Crippen LogP contribution in [0.1, 0.15) is 5.56 Å². The van der Waals surface area contributed by atoms with Crippen LogP contribution in [-0.4, -0.2) is 13.5 Å². The van der Waals surface area contributed by atoms with Gasteiger partial charge in [-0.2, -0.15) is 0 Å². The van der Waals surface area contributed by atoms with Crippen LogP contribution in [-0.2, 0) is 16.6 Å². The quantitative estimate of drug-likeness (QED) is 0.795. The first-order valence-electron chi connectivity index (χ1n) is 5.60. The van der Waals surface area contributed by atoms with E-state index >= 15 is 0 Å². The third-order valence-electron chi connectivity index (χ3n) is 2.55. The Morgan fingerprint density at radius 2 is 1.85 bits per heavy atom. The summed E-state index contributed by atoms with van der Waals surface area (Å²) < 4.78 is 28.3. The molecule has 0 aromatic heterocycles. The predicted octanol–water partition coefficient (Wildman–Crippen LogP) is 3.50. The van der Waals surface area contributed by atoms with Crippen LogP contribution in [0.5, 0.6) is 0 Å². The molecule has 0 aliphatic carbocycles. The summed E-state index contributed by atoms with van der Waals surface area (Å²) in [5, 5.41) is 9.03. The summed E-state index contributed by atoms with van der Waals surface area (Å²) in [7, 11) is -3.69. The first-order chi connectivity index (χ1) is 9.42. The molecule has 2 rings (SSSR count). The van der Waals surface area contributed by atoms with Crippen LogP contribution in [0.2, 0.25) is 0 Å². The van der Waals surface area contributed by atoms with E-state index < -0.39 is 10.0 Å². The molecule has 0 spiro atoms. The molecule has 0 heterocycles. The normalized spacial score (nSPS) is 11.3. The molecule has 0 amide bonds. The molecule has 0 radical (unpaired) electrons. The third kappa shape index (κ3) is 3.60. The molecule has 2 aromatic rings. The van der Waals surface area contributed by atoms with Gasteiger partial charge in [0.2, 0.25) is 0 Å². The van der Waals surface area contributed by atoms with Crippen molar-refractivity contribution in [3.05, 3.63) is 57.0 Å². The highest BCUT2D eigenvalue weighted by molar-refractivity contribution is 9.10. The van der Waals surface area contributed by atoms with E-state index in [1.54, 1.807) is 30.3 Å². The van der Waals surface area contributed by atoms with Crippen molar-refractivity contribution in [1.82, 2.24) is 0 Å². The molecule has 0 aliphatic heterocycles. The second kappa shape index (κ2) is 6.26. The van der Waals surface area contributed by atoms with Gasteiger partial charge in [0, 0.05) is 14.6 Å². The standard InChI is InChI=1S/C13H11Br2NO3S/c14-10-2-1-3-11(7-10)16-20(18,19)13-5-4-9(8-17)6-12(13)15/h1-7,16-17H,8H2. The molecule has 7 heteroatoms. The number of nitrogens with one attached hydrogen (secondary N) is 1. The topological polar surface area (TPSA) is 66.4 Å². The molecular formula is C13H11Br2NO3S. The Hall–Kier alpha value is -0.890. The predicted molar refractivity (Wildman–Crippen MR) is 85.0 cm³/mol. The second-order valence-corrected chi connectivity index (χ2v) is 7.46. The molecule has 0 atom stereocenters. The van der Waals surface area contributed by atoms with Crippen molar-refractivity contribution in [2.45, 2.75) is 11.5 Å². The van der Waals surface area contributed by atoms with Crippen molar-refractivity contribution < 1.29 is 13.5 Å². The van der Waals surface area contributed by atoms with Gasteiger partial charge in [0.25, 0.3) is 10.0 Å².